The molecular formula is C21H27N7O5S2. The molecule has 1 aromatic heterocycles. The van der Waals surface area contributed by atoms with Crippen LogP contribution < -0.4 is 16.2 Å². The molecule has 2 amide bonds. The second kappa shape index (κ2) is 8.75. The van der Waals surface area contributed by atoms with E-state index in [2.05, 4.69) is 26.8 Å². The molecule has 5 aliphatic rings. The Balaban J connectivity index is 1.33. The highest BCUT2D eigenvalue weighted by atomic mass is 32.2. The molecule has 0 unspecified atom stereocenters. The number of anilines is 1. The summed E-state index contributed by atoms with van der Waals surface area (Å²) in [5, 5.41) is 18.1. The minimum Gasteiger partial charge on any atom is -0.543 e. The van der Waals surface area contributed by atoms with Gasteiger partial charge >= 0.3 is 0 Å². The molecule has 4 saturated heterocycles. The Morgan fingerprint density at radius 3 is 2.60 bits per heavy atom. The molecule has 6 heterocycles. The third-order valence-electron chi connectivity index (χ3n) is 7.67. The Bertz CT molecular complexity index is 1120. The number of fused-ring (bicyclic) bond motifs is 4. The molecule has 2 atom stereocenters. The number of hydrogen-bond donors (Lipinski definition) is 2. The van der Waals surface area contributed by atoms with E-state index in [4.69, 9.17) is 10.6 Å². The summed E-state index contributed by atoms with van der Waals surface area (Å²) in [6, 6.07) is -0.917. The van der Waals surface area contributed by atoms with Gasteiger partial charge < -0.3 is 30.3 Å². The van der Waals surface area contributed by atoms with Gasteiger partial charge in [0.25, 0.3) is 11.8 Å². The molecule has 5 aliphatic heterocycles. The molecule has 188 valence electrons. The number of nitrogens with two attached hydrogens (primary N) is 1. The van der Waals surface area contributed by atoms with Gasteiger partial charge in [-0.05, 0) is 5.41 Å². The van der Waals surface area contributed by atoms with Crippen molar-refractivity contribution < 1.29 is 28.8 Å². The van der Waals surface area contributed by atoms with Crippen LogP contribution in [0.25, 0.3) is 0 Å². The van der Waals surface area contributed by atoms with Crippen molar-refractivity contribution in [2.75, 3.05) is 44.8 Å². The van der Waals surface area contributed by atoms with E-state index in [1.165, 1.54) is 23.8 Å². The summed E-state index contributed by atoms with van der Waals surface area (Å²) in [6.45, 7) is 6.03. The summed E-state index contributed by atoms with van der Waals surface area (Å²) in [6.07, 6.45) is 3.41. The molecule has 0 aliphatic carbocycles. The highest BCUT2D eigenvalue weighted by Crippen LogP contribution is 2.46. The smallest absolute Gasteiger partial charge is 0.278 e. The van der Waals surface area contributed by atoms with Crippen molar-refractivity contribution in [3.05, 3.63) is 17.1 Å². The topological polar surface area (TPSA) is 163 Å². The number of aromatic nitrogens is 2. The maximum Gasteiger partial charge on any atom is 0.278 e. The lowest BCUT2D eigenvalue weighted by Gasteiger charge is -2.55. The first-order chi connectivity index (χ1) is 16.7. The molecule has 3 N–H and O–H groups in total. The zero-order valence-corrected chi connectivity index (χ0v) is 21.1. The molecule has 0 aromatic carbocycles. The summed E-state index contributed by atoms with van der Waals surface area (Å²) in [4.78, 5) is 48.0. The number of rotatable bonds is 7. The molecule has 4 fully saturated rings. The van der Waals surface area contributed by atoms with E-state index < -0.39 is 29.2 Å². The Hall–Kier alpha value is -2.71. The summed E-state index contributed by atoms with van der Waals surface area (Å²) in [5.41, 5.74) is 6.47. The Morgan fingerprint density at radius 2 is 2.03 bits per heavy atom. The molecule has 0 saturated carbocycles. The zero-order chi connectivity index (χ0) is 25.0. The van der Waals surface area contributed by atoms with Crippen LogP contribution in [0.3, 0.4) is 0 Å². The SMILES string of the molecule is CO/N=C(\C(=O)N[C@@H]1C(=O)N2C(C(=O)[O-])=C(C[N+]34CCC(C)(CC3)CC4)CS[C@@H]12)c1nsc(N)n1. The van der Waals surface area contributed by atoms with E-state index in [1.807, 2.05) is 0 Å². The fourth-order valence-electron chi connectivity index (χ4n) is 5.48. The lowest BCUT2D eigenvalue weighted by molar-refractivity contribution is -0.941. The molecule has 1 aromatic rings. The third kappa shape index (κ3) is 4.16. The number of piperidine rings is 3. The number of hydrogen-bond acceptors (Lipinski definition) is 11. The number of β-lactam (4-membered cyclic amide) rings is 1. The highest BCUT2D eigenvalue weighted by molar-refractivity contribution is 8.00. The van der Waals surface area contributed by atoms with Crippen LogP contribution in [0.5, 0.6) is 0 Å². The molecule has 6 rings (SSSR count). The highest BCUT2D eigenvalue weighted by Gasteiger charge is 2.54. The quantitative estimate of drug-likeness (QED) is 0.196. The summed E-state index contributed by atoms with van der Waals surface area (Å²) >= 11 is 2.34. The first kappa shape index (κ1) is 24.0. The lowest BCUT2D eigenvalue weighted by Crippen LogP contribution is -2.72. The van der Waals surface area contributed by atoms with Gasteiger partial charge in [-0.1, -0.05) is 12.1 Å². The number of nitrogens with one attached hydrogen (secondary N) is 1. The fraction of sp³-hybridized carbons (Fsp3) is 0.619. The van der Waals surface area contributed by atoms with Gasteiger partial charge in [0.05, 0.1) is 31.3 Å². The molecular weight excluding hydrogens is 494 g/mol. The number of nitrogens with zero attached hydrogens (tertiary/aromatic N) is 5. The van der Waals surface area contributed by atoms with E-state index in [0.717, 1.165) is 60.5 Å². The van der Waals surface area contributed by atoms with Crippen molar-refractivity contribution in [2.24, 2.45) is 10.6 Å². The summed E-state index contributed by atoms with van der Waals surface area (Å²) in [7, 11) is 1.27. The maximum atomic E-state index is 13.1. The first-order valence-electron chi connectivity index (χ1n) is 11.4. The summed E-state index contributed by atoms with van der Waals surface area (Å²) < 4.78 is 4.84. The number of quaternary nitrogens is 1. The number of amides is 2. The molecule has 2 bridgehead atoms. The average Bonchev–Trinajstić information content (AvgIpc) is 3.27. The van der Waals surface area contributed by atoms with Crippen molar-refractivity contribution in [2.45, 2.75) is 37.6 Å². The molecule has 0 spiro atoms. The number of carboxylic acid groups (broad SMARTS) is 1. The van der Waals surface area contributed by atoms with Gasteiger partial charge in [0, 0.05) is 42.1 Å². The van der Waals surface area contributed by atoms with E-state index in [9.17, 15) is 19.5 Å². The van der Waals surface area contributed by atoms with Gasteiger partial charge in [-0.2, -0.15) is 9.36 Å². The van der Waals surface area contributed by atoms with Crippen LogP contribution in [0.1, 0.15) is 32.0 Å². The number of carboxylic acids is 1. The van der Waals surface area contributed by atoms with E-state index >= 15 is 0 Å². The van der Waals surface area contributed by atoms with E-state index in [1.54, 1.807) is 0 Å². The molecule has 12 nitrogen and oxygen atoms in total. The van der Waals surface area contributed by atoms with Gasteiger partial charge in [0.15, 0.2) is 5.13 Å². The minimum absolute atomic E-state index is 0.0162. The average molecular weight is 522 g/mol. The molecule has 14 heteroatoms. The number of carbonyl (C=O) groups excluding carboxylic acids is 3. The normalized spacial score (nSPS) is 32.2. The van der Waals surface area contributed by atoms with Crippen LogP contribution in [-0.4, -0.2) is 92.7 Å². The predicted octanol–water partition coefficient (Wildman–Crippen LogP) is -1.10. The van der Waals surface area contributed by atoms with Crippen molar-refractivity contribution in [3.8, 4) is 0 Å². The number of nitrogen functional groups attached to an aromatic ring is 1. The second-order valence-corrected chi connectivity index (χ2v) is 11.8. The number of thioether (sulfide) groups is 1. The van der Waals surface area contributed by atoms with Gasteiger partial charge in [-0.3, -0.25) is 14.5 Å². The van der Waals surface area contributed by atoms with Crippen molar-refractivity contribution in [1.29, 1.82) is 0 Å². The van der Waals surface area contributed by atoms with Crippen molar-refractivity contribution in [3.63, 3.8) is 0 Å². The Kier molecular flexibility index (Phi) is 6.00. The standard InChI is InChI=1S/C21H27N7O5S2/c1-21-3-6-28(7-4-21,8-5-21)9-11-10-34-18-13(17(30)27(18)14(11)19(31)32)23-16(29)12(25-33-2)15-24-20(22)35-26-15/h13,18H,3-10H2,1-2H3,(H3-,22,23,24,26,29,31,32)/b25-12-/t13-,18+,21?,28?/m1/s1. The van der Waals surface area contributed by atoms with Gasteiger partial charge in [0.1, 0.15) is 25.1 Å². The summed E-state index contributed by atoms with van der Waals surface area (Å²) in [5.74, 6) is -2.12. The fourth-order valence-corrected chi connectivity index (χ4v) is 7.25. The van der Waals surface area contributed by atoms with Gasteiger partial charge in [-0.15, -0.1) is 11.8 Å². The van der Waals surface area contributed by atoms with E-state index in [0.29, 0.717) is 17.7 Å². The van der Waals surface area contributed by atoms with Crippen LogP contribution in [0.15, 0.2) is 16.4 Å². The van der Waals surface area contributed by atoms with Crippen molar-refractivity contribution in [1.82, 2.24) is 19.6 Å². The van der Waals surface area contributed by atoms with Gasteiger partial charge in [-0.25, -0.2) is 0 Å². The number of oxime groups is 1. The predicted molar refractivity (Wildman–Crippen MR) is 127 cm³/mol. The molecule has 0 radical (unpaired) electrons. The lowest BCUT2D eigenvalue weighted by atomic mass is 9.72. The van der Waals surface area contributed by atoms with Crippen LogP contribution >= 0.6 is 23.3 Å². The Labute approximate surface area is 210 Å². The zero-order valence-electron chi connectivity index (χ0n) is 19.5. The third-order valence-corrected chi connectivity index (χ3v) is 9.56. The maximum absolute atomic E-state index is 13.1. The minimum atomic E-state index is -1.36. The van der Waals surface area contributed by atoms with Crippen LogP contribution in [0.4, 0.5) is 5.13 Å². The largest absolute Gasteiger partial charge is 0.543 e. The van der Waals surface area contributed by atoms with E-state index in [-0.39, 0.29) is 22.4 Å². The second-order valence-electron chi connectivity index (χ2n) is 9.91. The Morgan fingerprint density at radius 1 is 1.34 bits per heavy atom. The number of carbonyl (C=O) groups is 3. The van der Waals surface area contributed by atoms with Crippen LogP contribution in [0, 0.1) is 5.41 Å². The van der Waals surface area contributed by atoms with Gasteiger partial charge in [0.2, 0.25) is 11.5 Å². The van der Waals surface area contributed by atoms with Crippen LogP contribution in [0.2, 0.25) is 0 Å². The first-order valence-corrected chi connectivity index (χ1v) is 13.2. The van der Waals surface area contributed by atoms with Crippen molar-refractivity contribution >= 4 is 51.9 Å². The number of aliphatic carboxylic acids is 1. The molecule has 35 heavy (non-hydrogen) atoms. The van der Waals surface area contributed by atoms with Crippen LogP contribution in [-0.2, 0) is 19.2 Å². The monoisotopic (exact) mass is 521 g/mol.